The molecule has 1 rings (SSSR count). The van der Waals surface area contributed by atoms with Crippen LogP contribution in [0.3, 0.4) is 0 Å². The van der Waals surface area contributed by atoms with Crippen LogP contribution in [0.2, 0.25) is 0 Å². The van der Waals surface area contributed by atoms with E-state index in [9.17, 15) is 9.59 Å². The van der Waals surface area contributed by atoms with Gasteiger partial charge in [0.25, 0.3) is 0 Å². The van der Waals surface area contributed by atoms with Crippen LogP contribution >= 0.6 is 0 Å². The maximum Gasteiger partial charge on any atom is 0.543 e. The first-order chi connectivity index (χ1) is 9.41. The number of carbonyl (C=O) groups excluding carboxylic acids is 2. The number of hydrogen-bond acceptors (Lipinski definition) is 6. The fraction of sp³-hybridized carbons (Fsp3) is 0.429. The zero-order valence-corrected chi connectivity index (χ0v) is 12.0. The van der Waals surface area contributed by atoms with Gasteiger partial charge in [-0.3, -0.25) is 4.89 Å². The molecule has 0 radical (unpaired) electrons. The maximum atomic E-state index is 11.7. The van der Waals surface area contributed by atoms with E-state index in [1.807, 2.05) is 26.8 Å². The van der Waals surface area contributed by atoms with Crippen LogP contribution in [0.4, 0.5) is 4.79 Å². The second kappa shape index (κ2) is 7.49. The van der Waals surface area contributed by atoms with Crippen molar-refractivity contribution in [3.05, 3.63) is 34.9 Å². The highest BCUT2D eigenvalue weighted by atomic mass is 17.5. The van der Waals surface area contributed by atoms with E-state index in [4.69, 9.17) is 0 Å². The predicted molar refractivity (Wildman–Crippen MR) is 69.7 cm³/mol. The van der Waals surface area contributed by atoms with Crippen molar-refractivity contribution in [3.63, 3.8) is 0 Å². The number of carbonyl (C=O) groups is 2. The Labute approximate surface area is 117 Å². The van der Waals surface area contributed by atoms with Crippen LogP contribution in [0.5, 0.6) is 0 Å². The summed E-state index contributed by atoms with van der Waals surface area (Å²) in [6.07, 6.45) is -1.06. The second-order valence-corrected chi connectivity index (χ2v) is 4.72. The van der Waals surface area contributed by atoms with Crippen molar-refractivity contribution in [3.8, 4) is 0 Å². The fourth-order valence-corrected chi connectivity index (χ4v) is 1.35. The van der Waals surface area contributed by atoms with Crippen LogP contribution < -0.4 is 0 Å². The Kier molecular flexibility index (Phi) is 5.99. The molecule has 0 saturated heterocycles. The number of hydrogen-bond donors (Lipinski definition) is 0. The molecule has 20 heavy (non-hydrogen) atoms. The Hall–Kier alpha value is -2.08. The quantitative estimate of drug-likeness (QED) is 0.469. The van der Waals surface area contributed by atoms with Crippen LogP contribution in [0.1, 0.15) is 35.3 Å². The van der Waals surface area contributed by atoms with Gasteiger partial charge in [-0.1, -0.05) is 26.0 Å². The third-order valence-electron chi connectivity index (χ3n) is 2.57. The molecule has 0 aliphatic rings. The van der Waals surface area contributed by atoms with Crippen molar-refractivity contribution in [2.75, 3.05) is 6.61 Å². The second-order valence-electron chi connectivity index (χ2n) is 4.72. The first-order valence-corrected chi connectivity index (χ1v) is 6.20. The SMILES string of the molecule is Cc1cccc(C(=O)OOOC(=O)OCC(C)C)c1C. The molecule has 0 spiro atoms. The summed E-state index contributed by atoms with van der Waals surface area (Å²) < 4.78 is 4.66. The molecular formula is C14H18O6. The third-order valence-corrected chi connectivity index (χ3v) is 2.57. The van der Waals surface area contributed by atoms with Gasteiger partial charge in [0.15, 0.2) is 0 Å². The molecule has 0 aliphatic heterocycles. The lowest BCUT2D eigenvalue weighted by Crippen LogP contribution is -2.15. The lowest BCUT2D eigenvalue weighted by Gasteiger charge is -2.07. The van der Waals surface area contributed by atoms with Crippen LogP contribution in [0.15, 0.2) is 18.2 Å². The van der Waals surface area contributed by atoms with E-state index in [2.05, 4.69) is 19.6 Å². The smallest absolute Gasteiger partial charge is 0.432 e. The summed E-state index contributed by atoms with van der Waals surface area (Å²) in [6.45, 7) is 7.58. The molecule has 0 bridgehead atoms. The average molecular weight is 282 g/mol. The van der Waals surface area contributed by atoms with Gasteiger partial charge < -0.3 is 4.74 Å². The van der Waals surface area contributed by atoms with E-state index in [1.54, 1.807) is 19.1 Å². The topological polar surface area (TPSA) is 71.1 Å². The molecule has 0 heterocycles. The molecule has 0 aliphatic carbocycles. The summed E-state index contributed by atoms with van der Waals surface area (Å²) in [4.78, 5) is 31.2. The molecule has 0 atom stereocenters. The van der Waals surface area contributed by atoms with E-state index in [1.165, 1.54) is 0 Å². The third kappa shape index (κ3) is 4.89. The van der Waals surface area contributed by atoms with Gasteiger partial charge in [-0.05, 0) is 37.0 Å². The van der Waals surface area contributed by atoms with Gasteiger partial charge in [-0.25, -0.2) is 14.5 Å². The van der Waals surface area contributed by atoms with Gasteiger partial charge in [0, 0.05) is 0 Å². The van der Waals surface area contributed by atoms with E-state index in [-0.39, 0.29) is 12.5 Å². The molecule has 0 saturated carbocycles. The predicted octanol–water partition coefficient (Wildman–Crippen LogP) is 3.12. The first-order valence-electron chi connectivity index (χ1n) is 6.20. The molecule has 6 heteroatoms. The molecule has 0 amide bonds. The Bertz CT molecular complexity index is 481. The van der Waals surface area contributed by atoms with E-state index in [0.717, 1.165) is 11.1 Å². The summed E-state index contributed by atoms with van der Waals surface area (Å²) >= 11 is 0. The average Bonchev–Trinajstić information content (AvgIpc) is 2.39. The highest BCUT2D eigenvalue weighted by Gasteiger charge is 2.15. The van der Waals surface area contributed by atoms with Crippen molar-refractivity contribution in [2.45, 2.75) is 27.7 Å². The number of aryl methyl sites for hydroxylation is 1. The molecule has 0 aromatic heterocycles. The molecule has 0 fully saturated rings. The van der Waals surface area contributed by atoms with Gasteiger partial charge in [0.05, 0.1) is 17.2 Å². The van der Waals surface area contributed by atoms with E-state index in [0.29, 0.717) is 5.56 Å². The highest BCUT2D eigenvalue weighted by molar-refractivity contribution is 5.90. The van der Waals surface area contributed by atoms with Crippen LogP contribution in [0, 0.1) is 19.8 Å². The Balaban J connectivity index is 2.40. The van der Waals surface area contributed by atoms with E-state index >= 15 is 0 Å². The summed E-state index contributed by atoms with van der Waals surface area (Å²) in [5.41, 5.74) is 2.05. The fourth-order valence-electron chi connectivity index (χ4n) is 1.35. The highest BCUT2D eigenvalue weighted by Crippen LogP contribution is 2.13. The Morgan fingerprint density at radius 2 is 1.85 bits per heavy atom. The normalized spacial score (nSPS) is 10.2. The zero-order valence-electron chi connectivity index (χ0n) is 12.0. The molecular weight excluding hydrogens is 264 g/mol. The largest absolute Gasteiger partial charge is 0.543 e. The van der Waals surface area contributed by atoms with Gasteiger partial charge in [0.2, 0.25) is 0 Å². The summed E-state index contributed by atoms with van der Waals surface area (Å²) in [6, 6.07) is 5.18. The summed E-state index contributed by atoms with van der Waals surface area (Å²) in [5.74, 6) is -0.581. The summed E-state index contributed by atoms with van der Waals surface area (Å²) in [5, 5.41) is 4.11. The molecule has 1 aromatic rings. The lowest BCUT2D eigenvalue weighted by atomic mass is 10.0. The number of benzene rings is 1. The molecule has 6 nitrogen and oxygen atoms in total. The van der Waals surface area contributed by atoms with E-state index < -0.39 is 12.1 Å². The van der Waals surface area contributed by atoms with Gasteiger partial charge in [0.1, 0.15) is 0 Å². The standard InChI is InChI=1S/C14H18O6/c1-9(2)8-17-14(16)19-20-18-13(15)12-7-5-6-10(3)11(12)4/h5-7,9H,8H2,1-4H3. The lowest BCUT2D eigenvalue weighted by molar-refractivity contribution is -0.452. The van der Waals surface area contributed by atoms with Crippen molar-refractivity contribution in [1.82, 2.24) is 0 Å². The summed E-state index contributed by atoms with van der Waals surface area (Å²) in [7, 11) is 0. The molecule has 110 valence electrons. The minimum Gasteiger partial charge on any atom is -0.432 e. The van der Waals surface area contributed by atoms with Crippen molar-refractivity contribution >= 4 is 12.1 Å². The van der Waals surface area contributed by atoms with Crippen LogP contribution in [-0.2, 0) is 19.6 Å². The van der Waals surface area contributed by atoms with Crippen molar-refractivity contribution in [2.24, 2.45) is 5.92 Å². The number of ether oxygens (including phenoxy) is 1. The maximum absolute atomic E-state index is 11.7. The Morgan fingerprint density at radius 1 is 1.15 bits per heavy atom. The molecule has 1 aromatic carbocycles. The van der Waals surface area contributed by atoms with Gasteiger partial charge >= 0.3 is 12.1 Å². The molecule has 0 N–H and O–H groups in total. The Morgan fingerprint density at radius 3 is 2.50 bits per heavy atom. The van der Waals surface area contributed by atoms with Crippen LogP contribution in [0.25, 0.3) is 0 Å². The van der Waals surface area contributed by atoms with Crippen molar-refractivity contribution < 1.29 is 29.1 Å². The number of rotatable bonds is 5. The zero-order chi connectivity index (χ0) is 15.1. The minimum atomic E-state index is -1.06. The van der Waals surface area contributed by atoms with Gasteiger partial charge in [-0.2, -0.15) is 0 Å². The monoisotopic (exact) mass is 282 g/mol. The first kappa shape index (κ1) is 16.0. The van der Waals surface area contributed by atoms with Crippen molar-refractivity contribution in [1.29, 1.82) is 0 Å². The molecule has 0 unspecified atom stereocenters. The minimum absolute atomic E-state index is 0.167. The van der Waals surface area contributed by atoms with Crippen LogP contribution in [-0.4, -0.2) is 18.7 Å². The van der Waals surface area contributed by atoms with Gasteiger partial charge in [-0.15, -0.1) is 0 Å².